The van der Waals surface area contributed by atoms with Crippen molar-refractivity contribution in [3.05, 3.63) is 12.7 Å². The fraction of sp³-hybridized carbons (Fsp3) is 0.846. The first kappa shape index (κ1) is 12.7. The van der Waals surface area contributed by atoms with Gasteiger partial charge in [-0.15, -0.1) is 6.58 Å². The molecule has 0 aliphatic heterocycles. The number of likely N-dealkylation sites (N-methyl/N-ethyl adjacent to an activating group) is 1. The highest BCUT2D eigenvalue weighted by Crippen LogP contribution is 2.22. The van der Waals surface area contributed by atoms with Gasteiger partial charge in [-0.25, -0.2) is 0 Å². The van der Waals surface area contributed by atoms with Gasteiger partial charge in [-0.1, -0.05) is 32.3 Å². The molecule has 15 heavy (non-hydrogen) atoms. The van der Waals surface area contributed by atoms with E-state index in [0.29, 0.717) is 12.0 Å². The number of hydrogen-bond acceptors (Lipinski definition) is 2. The van der Waals surface area contributed by atoms with Crippen molar-refractivity contribution in [3.8, 4) is 0 Å². The van der Waals surface area contributed by atoms with Crippen LogP contribution >= 0.6 is 0 Å². The molecule has 0 aromatic heterocycles. The lowest BCUT2D eigenvalue weighted by atomic mass is 9.95. The van der Waals surface area contributed by atoms with Crippen molar-refractivity contribution in [1.29, 1.82) is 0 Å². The van der Waals surface area contributed by atoms with Crippen molar-refractivity contribution >= 4 is 0 Å². The summed E-state index contributed by atoms with van der Waals surface area (Å²) in [5.74, 6) is 0.701. The Morgan fingerprint density at radius 3 is 2.73 bits per heavy atom. The Labute approximate surface area is 94.5 Å². The van der Waals surface area contributed by atoms with Crippen molar-refractivity contribution in [3.63, 3.8) is 0 Å². The summed E-state index contributed by atoms with van der Waals surface area (Å²) < 4.78 is 0. The fourth-order valence-corrected chi connectivity index (χ4v) is 2.49. The van der Waals surface area contributed by atoms with Crippen LogP contribution in [0, 0.1) is 5.92 Å². The van der Waals surface area contributed by atoms with Crippen LogP contribution in [0.25, 0.3) is 0 Å². The second kappa shape index (κ2) is 7.02. The van der Waals surface area contributed by atoms with E-state index >= 15 is 0 Å². The van der Waals surface area contributed by atoms with Crippen LogP contribution in [-0.4, -0.2) is 30.6 Å². The van der Waals surface area contributed by atoms with Gasteiger partial charge in [0.1, 0.15) is 0 Å². The first-order valence-corrected chi connectivity index (χ1v) is 6.36. The molecule has 2 heteroatoms. The van der Waals surface area contributed by atoms with E-state index in [-0.39, 0.29) is 0 Å². The van der Waals surface area contributed by atoms with Crippen molar-refractivity contribution < 1.29 is 0 Å². The molecule has 0 heterocycles. The molecule has 1 aliphatic carbocycles. The van der Waals surface area contributed by atoms with Crippen LogP contribution in [0.1, 0.15) is 39.0 Å². The van der Waals surface area contributed by atoms with E-state index < -0.39 is 0 Å². The van der Waals surface area contributed by atoms with Gasteiger partial charge < -0.3 is 5.73 Å². The second-order valence-electron chi connectivity index (χ2n) is 4.70. The average molecular weight is 210 g/mol. The number of nitrogens with two attached hydrogens (primary N) is 1. The van der Waals surface area contributed by atoms with Gasteiger partial charge in [0.2, 0.25) is 0 Å². The molecule has 2 N–H and O–H groups in total. The third-order valence-corrected chi connectivity index (χ3v) is 3.55. The molecule has 1 fully saturated rings. The molecule has 1 saturated carbocycles. The zero-order valence-corrected chi connectivity index (χ0v) is 10.1. The first-order chi connectivity index (χ1) is 7.27. The van der Waals surface area contributed by atoms with Gasteiger partial charge in [0.05, 0.1) is 0 Å². The van der Waals surface area contributed by atoms with Crippen LogP contribution in [0.15, 0.2) is 12.7 Å². The van der Waals surface area contributed by atoms with Gasteiger partial charge in [-0.2, -0.15) is 0 Å². The lowest BCUT2D eigenvalue weighted by Gasteiger charge is -2.28. The Kier molecular flexibility index (Phi) is 5.96. The Hall–Kier alpha value is -0.340. The second-order valence-corrected chi connectivity index (χ2v) is 4.70. The van der Waals surface area contributed by atoms with Crippen LogP contribution in [0.2, 0.25) is 0 Å². The van der Waals surface area contributed by atoms with Crippen LogP contribution in [0.4, 0.5) is 0 Å². The van der Waals surface area contributed by atoms with E-state index in [1.54, 1.807) is 0 Å². The van der Waals surface area contributed by atoms with E-state index in [1.807, 2.05) is 6.08 Å². The number of rotatable bonds is 5. The zero-order valence-electron chi connectivity index (χ0n) is 10.1. The largest absolute Gasteiger partial charge is 0.327 e. The Morgan fingerprint density at radius 1 is 1.33 bits per heavy atom. The van der Waals surface area contributed by atoms with Crippen molar-refractivity contribution in [1.82, 2.24) is 4.90 Å². The number of nitrogens with zero attached hydrogens (tertiary/aromatic N) is 1. The van der Waals surface area contributed by atoms with Gasteiger partial charge in [0.25, 0.3) is 0 Å². The highest BCUT2D eigenvalue weighted by Gasteiger charge is 2.21. The zero-order chi connectivity index (χ0) is 11.1. The molecule has 0 radical (unpaired) electrons. The molecule has 0 spiro atoms. The maximum Gasteiger partial charge on any atom is 0.0160 e. The highest BCUT2D eigenvalue weighted by atomic mass is 15.1. The predicted molar refractivity (Wildman–Crippen MR) is 66.9 cm³/mol. The smallest absolute Gasteiger partial charge is 0.0160 e. The molecule has 0 aromatic carbocycles. The summed E-state index contributed by atoms with van der Waals surface area (Å²) in [6.45, 7) is 9.28. The van der Waals surface area contributed by atoms with Crippen molar-refractivity contribution in [2.75, 3.05) is 19.6 Å². The van der Waals surface area contributed by atoms with Gasteiger partial charge in [0.15, 0.2) is 0 Å². The summed E-state index contributed by atoms with van der Waals surface area (Å²) in [5, 5.41) is 0. The lowest BCUT2D eigenvalue weighted by Crippen LogP contribution is -2.38. The van der Waals surface area contributed by atoms with Gasteiger partial charge in [0, 0.05) is 19.1 Å². The summed E-state index contributed by atoms with van der Waals surface area (Å²) in [5.41, 5.74) is 6.23. The van der Waals surface area contributed by atoms with E-state index in [4.69, 9.17) is 5.73 Å². The van der Waals surface area contributed by atoms with Crippen LogP contribution < -0.4 is 5.73 Å². The first-order valence-electron chi connectivity index (χ1n) is 6.36. The summed E-state index contributed by atoms with van der Waals surface area (Å²) in [7, 11) is 0. The van der Waals surface area contributed by atoms with E-state index in [0.717, 1.165) is 19.6 Å². The molecule has 0 bridgehead atoms. The van der Waals surface area contributed by atoms with Crippen LogP contribution in [-0.2, 0) is 0 Å². The van der Waals surface area contributed by atoms with Gasteiger partial charge in [-0.3, -0.25) is 4.90 Å². The van der Waals surface area contributed by atoms with Gasteiger partial charge in [-0.05, 0) is 25.3 Å². The monoisotopic (exact) mass is 210 g/mol. The normalized spacial score (nSPS) is 27.7. The van der Waals surface area contributed by atoms with Crippen molar-refractivity contribution in [2.24, 2.45) is 11.7 Å². The number of hydrogen-bond donors (Lipinski definition) is 1. The molecule has 0 saturated heterocycles. The molecular weight excluding hydrogens is 184 g/mol. The lowest BCUT2D eigenvalue weighted by molar-refractivity contribution is 0.233. The third-order valence-electron chi connectivity index (χ3n) is 3.55. The third kappa shape index (κ3) is 4.35. The highest BCUT2D eigenvalue weighted by molar-refractivity contribution is 4.81. The minimum Gasteiger partial charge on any atom is -0.327 e. The topological polar surface area (TPSA) is 29.3 Å². The molecule has 1 rings (SSSR count). The average Bonchev–Trinajstić information content (AvgIpc) is 2.43. The molecule has 2 unspecified atom stereocenters. The maximum atomic E-state index is 6.23. The standard InChI is InChI=1S/C13H26N2/c1-3-10-15(4-2)11-12-8-6-5-7-9-13(12)14/h3,12-13H,1,4-11,14H2,2H3. The molecule has 2 nitrogen and oxygen atoms in total. The maximum absolute atomic E-state index is 6.23. The Balaban J connectivity index is 2.41. The van der Waals surface area contributed by atoms with Crippen molar-refractivity contribution in [2.45, 2.75) is 45.1 Å². The molecule has 1 aliphatic rings. The quantitative estimate of drug-likeness (QED) is 0.558. The Morgan fingerprint density at radius 2 is 2.07 bits per heavy atom. The molecule has 2 atom stereocenters. The summed E-state index contributed by atoms with van der Waals surface area (Å²) >= 11 is 0. The van der Waals surface area contributed by atoms with Crippen LogP contribution in [0.3, 0.4) is 0 Å². The molecule has 88 valence electrons. The minimum atomic E-state index is 0.423. The van der Waals surface area contributed by atoms with E-state index in [9.17, 15) is 0 Å². The van der Waals surface area contributed by atoms with Gasteiger partial charge >= 0.3 is 0 Å². The summed E-state index contributed by atoms with van der Waals surface area (Å²) in [6, 6.07) is 0.423. The summed E-state index contributed by atoms with van der Waals surface area (Å²) in [6.07, 6.45) is 8.59. The fourth-order valence-electron chi connectivity index (χ4n) is 2.49. The molecule has 0 amide bonds. The molecule has 0 aromatic rings. The van der Waals surface area contributed by atoms with E-state index in [1.165, 1.54) is 32.1 Å². The predicted octanol–water partition coefficient (Wildman–Crippen LogP) is 2.40. The summed E-state index contributed by atoms with van der Waals surface area (Å²) in [4.78, 5) is 2.45. The Bertz CT molecular complexity index is 179. The minimum absolute atomic E-state index is 0.423. The SMILES string of the molecule is C=CCN(CC)CC1CCCCCC1N. The molecular formula is C13H26N2. The van der Waals surface area contributed by atoms with Crippen LogP contribution in [0.5, 0.6) is 0 Å². The van der Waals surface area contributed by atoms with E-state index in [2.05, 4.69) is 18.4 Å².